The molecule has 8 heteroatoms. The number of rotatable bonds is 4. The van der Waals surface area contributed by atoms with E-state index in [4.69, 9.17) is 0 Å². The van der Waals surface area contributed by atoms with Gasteiger partial charge in [0.2, 0.25) is 0 Å². The number of H-pyrrole nitrogens is 1. The molecule has 1 aliphatic rings. The van der Waals surface area contributed by atoms with Gasteiger partial charge in [0, 0.05) is 37.5 Å². The van der Waals surface area contributed by atoms with E-state index in [0.29, 0.717) is 5.75 Å². The van der Waals surface area contributed by atoms with Crippen LogP contribution in [0.4, 0.5) is 0 Å². The molecule has 27 heavy (non-hydrogen) atoms. The molecule has 0 radical (unpaired) electrons. The third kappa shape index (κ3) is 4.96. The van der Waals surface area contributed by atoms with Gasteiger partial charge in [-0.05, 0) is 23.8 Å². The highest BCUT2D eigenvalue weighted by atomic mass is 35.5. The topological polar surface area (TPSA) is 61.0 Å². The minimum Gasteiger partial charge on any atom is -0.336 e. The second-order valence-electron chi connectivity index (χ2n) is 6.05. The summed E-state index contributed by atoms with van der Waals surface area (Å²) in [4.78, 5) is 22.7. The highest BCUT2D eigenvalue weighted by molar-refractivity contribution is 7.98. The molecule has 0 spiro atoms. The van der Waals surface area contributed by atoms with E-state index in [1.165, 1.54) is 0 Å². The molecule has 0 unspecified atom stereocenters. The molecule has 0 atom stereocenters. The lowest BCUT2D eigenvalue weighted by atomic mass is 10.1. The molecule has 4 rings (SSSR count). The Morgan fingerprint density at radius 1 is 1.04 bits per heavy atom. The third-order valence-corrected chi connectivity index (χ3v) is 5.31. The molecule has 0 saturated carbocycles. The fraction of sp³-hybridized carbons (Fsp3) is 0.263. The number of benzene rings is 2. The van der Waals surface area contributed by atoms with Crippen molar-refractivity contribution in [2.75, 3.05) is 26.2 Å². The Labute approximate surface area is 175 Å². The number of imidazole rings is 1. The summed E-state index contributed by atoms with van der Waals surface area (Å²) in [6.45, 7) is 3.26. The van der Waals surface area contributed by atoms with Crippen molar-refractivity contribution in [3.8, 4) is 0 Å². The van der Waals surface area contributed by atoms with Crippen LogP contribution in [-0.2, 0) is 5.75 Å². The number of hydrogen-bond donors (Lipinski definition) is 2. The highest BCUT2D eigenvalue weighted by Gasteiger charge is 2.20. The van der Waals surface area contributed by atoms with Crippen LogP contribution in [0.25, 0.3) is 11.0 Å². The number of nitrogens with one attached hydrogen (secondary N) is 2. The number of nitrogens with zero attached hydrogens (tertiary/aromatic N) is 2. The van der Waals surface area contributed by atoms with E-state index in [1.54, 1.807) is 11.8 Å². The Kier molecular flexibility index (Phi) is 7.98. The summed E-state index contributed by atoms with van der Waals surface area (Å²) in [5.41, 5.74) is 3.86. The number of amides is 1. The zero-order valence-electron chi connectivity index (χ0n) is 14.7. The molecule has 1 fully saturated rings. The largest absolute Gasteiger partial charge is 0.336 e. The average Bonchev–Trinajstić information content (AvgIpc) is 3.10. The second kappa shape index (κ2) is 9.99. The van der Waals surface area contributed by atoms with E-state index in [9.17, 15) is 4.79 Å². The zero-order chi connectivity index (χ0) is 17.1. The van der Waals surface area contributed by atoms with Crippen LogP contribution in [0.1, 0.15) is 15.9 Å². The minimum atomic E-state index is 0. The molecule has 5 nitrogen and oxygen atoms in total. The van der Waals surface area contributed by atoms with Crippen LogP contribution >= 0.6 is 36.6 Å². The van der Waals surface area contributed by atoms with Gasteiger partial charge in [0.25, 0.3) is 5.91 Å². The smallest absolute Gasteiger partial charge is 0.254 e. The predicted molar refractivity (Wildman–Crippen MR) is 115 cm³/mol. The molecule has 1 saturated heterocycles. The molecule has 1 aliphatic heterocycles. The second-order valence-corrected chi connectivity index (χ2v) is 7.01. The summed E-state index contributed by atoms with van der Waals surface area (Å²) < 4.78 is 0. The number of hydrogen-bond acceptors (Lipinski definition) is 4. The summed E-state index contributed by atoms with van der Waals surface area (Å²) in [6.07, 6.45) is 0. The van der Waals surface area contributed by atoms with Crippen molar-refractivity contribution >= 4 is 53.5 Å². The number of piperazine rings is 1. The average molecular weight is 425 g/mol. The maximum atomic E-state index is 12.8. The van der Waals surface area contributed by atoms with Gasteiger partial charge in [-0.2, -0.15) is 0 Å². The van der Waals surface area contributed by atoms with E-state index in [0.717, 1.165) is 53.5 Å². The Balaban J connectivity index is 0.00000131. The summed E-state index contributed by atoms with van der Waals surface area (Å²) in [7, 11) is 0. The minimum absolute atomic E-state index is 0. The van der Waals surface area contributed by atoms with Gasteiger partial charge in [-0.3, -0.25) is 4.79 Å². The van der Waals surface area contributed by atoms with E-state index >= 15 is 0 Å². The number of aromatic amines is 1. The first-order chi connectivity index (χ1) is 12.3. The number of carbonyl (C=O) groups excluding carboxylic acids is 1. The fourth-order valence-electron chi connectivity index (χ4n) is 3.04. The van der Waals surface area contributed by atoms with Crippen molar-refractivity contribution < 1.29 is 4.79 Å². The number of thioether (sulfide) groups is 1. The summed E-state index contributed by atoms with van der Waals surface area (Å²) in [6, 6.07) is 15.9. The summed E-state index contributed by atoms with van der Waals surface area (Å²) in [5, 5.41) is 4.16. The SMILES string of the molecule is Cl.Cl.O=C(c1ccccc1CSc1nc2ccccc2[nH]1)N1CCNCC1. The number of para-hydroxylation sites is 2. The molecule has 3 aromatic rings. The molecule has 1 aromatic heterocycles. The van der Waals surface area contributed by atoms with Gasteiger partial charge in [-0.25, -0.2) is 4.98 Å². The Hall–Kier alpha value is -1.73. The summed E-state index contributed by atoms with van der Waals surface area (Å²) in [5.74, 6) is 0.843. The molecule has 1 amide bonds. The van der Waals surface area contributed by atoms with Crippen molar-refractivity contribution in [1.29, 1.82) is 0 Å². The van der Waals surface area contributed by atoms with Gasteiger partial charge >= 0.3 is 0 Å². The van der Waals surface area contributed by atoms with Crippen molar-refractivity contribution in [3.05, 3.63) is 59.7 Å². The number of halogens is 2. The highest BCUT2D eigenvalue weighted by Crippen LogP contribution is 2.25. The number of aromatic nitrogens is 2. The maximum absolute atomic E-state index is 12.8. The Bertz CT molecular complexity index is 863. The Morgan fingerprint density at radius 3 is 2.52 bits per heavy atom. The molecular weight excluding hydrogens is 403 g/mol. The van der Waals surface area contributed by atoms with Gasteiger partial charge in [0.05, 0.1) is 11.0 Å². The van der Waals surface area contributed by atoms with Crippen molar-refractivity contribution in [2.24, 2.45) is 0 Å². The van der Waals surface area contributed by atoms with Gasteiger partial charge < -0.3 is 15.2 Å². The first kappa shape index (κ1) is 21.6. The lowest BCUT2D eigenvalue weighted by Gasteiger charge is -2.28. The summed E-state index contributed by atoms with van der Waals surface area (Å²) >= 11 is 1.63. The van der Waals surface area contributed by atoms with Gasteiger partial charge in [0.1, 0.15) is 0 Å². The Morgan fingerprint density at radius 2 is 1.74 bits per heavy atom. The molecular formula is C19H22Cl2N4OS. The molecule has 2 heterocycles. The number of fused-ring (bicyclic) bond motifs is 1. The molecule has 0 bridgehead atoms. The van der Waals surface area contributed by atoms with Crippen molar-refractivity contribution in [2.45, 2.75) is 10.9 Å². The van der Waals surface area contributed by atoms with E-state index < -0.39 is 0 Å². The number of carbonyl (C=O) groups is 1. The maximum Gasteiger partial charge on any atom is 0.254 e. The van der Waals surface area contributed by atoms with Gasteiger partial charge in [0.15, 0.2) is 5.16 Å². The van der Waals surface area contributed by atoms with Crippen LogP contribution in [0.2, 0.25) is 0 Å². The first-order valence-electron chi connectivity index (χ1n) is 8.47. The standard InChI is InChI=1S/C19H20N4OS.2ClH/c24-18(23-11-9-20-10-12-23)15-6-2-1-5-14(15)13-25-19-21-16-7-3-4-8-17(16)22-19;;/h1-8,20H,9-13H2,(H,21,22);2*1H. The lowest BCUT2D eigenvalue weighted by Crippen LogP contribution is -2.46. The van der Waals surface area contributed by atoms with Crippen LogP contribution < -0.4 is 5.32 Å². The molecule has 2 aromatic carbocycles. The van der Waals surface area contributed by atoms with Gasteiger partial charge in [-0.15, -0.1) is 24.8 Å². The van der Waals surface area contributed by atoms with E-state index in [-0.39, 0.29) is 30.7 Å². The van der Waals surface area contributed by atoms with Crippen LogP contribution in [0.5, 0.6) is 0 Å². The predicted octanol–water partition coefficient (Wildman–Crippen LogP) is 3.74. The first-order valence-corrected chi connectivity index (χ1v) is 9.45. The van der Waals surface area contributed by atoms with Crippen LogP contribution in [0, 0.1) is 0 Å². The lowest BCUT2D eigenvalue weighted by molar-refractivity contribution is 0.0735. The van der Waals surface area contributed by atoms with Gasteiger partial charge in [-0.1, -0.05) is 42.1 Å². The molecule has 144 valence electrons. The van der Waals surface area contributed by atoms with Crippen LogP contribution in [0.15, 0.2) is 53.7 Å². The zero-order valence-corrected chi connectivity index (χ0v) is 17.1. The van der Waals surface area contributed by atoms with Crippen LogP contribution in [-0.4, -0.2) is 47.0 Å². The normalized spacial score (nSPS) is 13.7. The van der Waals surface area contributed by atoms with E-state index in [2.05, 4.69) is 15.3 Å². The fourth-order valence-corrected chi connectivity index (χ4v) is 3.93. The van der Waals surface area contributed by atoms with Crippen LogP contribution in [0.3, 0.4) is 0 Å². The third-order valence-electron chi connectivity index (χ3n) is 4.38. The monoisotopic (exact) mass is 424 g/mol. The van der Waals surface area contributed by atoms with Crippen molar-refractivity contribution in [3.63, 3.8) is 0 Å². The molecule has 0 aliphatic carbocycles. The molecule has 2 N–H and O–H groups in total. The quantitative estimate of drug-likeness (QED) is 0.626. The van der Waals surface area contributed by atoms with E-state index in [1.807, 2.05) is 53.4 Å². The van der Waals surface area contributed by atoms with Crippen molar-refractivity contribution in [1.82, 2.24) is 20.2 Å².